The van der Waals surface area contributed by atoms with Crippen LogP contribution in [-0.4, -0.2) is 14.7 Å². The molecule has 1 aromatic carbocycles. The summed E-state index contributed by atoms with van der Waals surface area (Å²) in [5, 5.41) is 5.49. The van der Waals surface area contributed by atoms with Gasteiger partial charge in [0.25, 0.3) is 9.70 Å². The third-order valence-electron chi connectivity index (χ3n) is 2.32. The van der Waals surface area contributed by atoms with Crippen LogP contribution >= 0.6 is 46.1 Å². The van der Waals surface area contributed by atoms with Gasteiger partial charge in [-0.1, -0.05) is 46.9 Å². The van der Waals surface area contributed by atoms with Crippen LogP contribution in [0, 0.1) is 6.92 Å². The number of aromatic nitrogens is 1. The highest BCUT2D eigenvalue weighted by Gasteiger charge is 2.30. The third kappa shape index (κ3) is 3.83. The highest BCUT2D eigenvalue weighted by atomic mass is 35.6. The van der Waals surface area contributed by atoms with E-state index in [0.29, 0.717) is 5.69 Å². The van der Waals surface area contributed by atoms with E-state index >= 15 is 0 Å². The first-order valence-corrected chi connectivity index (χ1v) is 7.28. The molecule has 0 unspecified atom stereocenters. The molecule has 0 aliphatic heterocycles. The summed E-state index contributed by atoms with van der Waals surface area (Å²) in [6, 6.07) is 7.17. The molecule has 0 fully saturated rings. The van der Waals surface area contributed by atoms with E-state index in [1.165, 1.54) is 0 Å². The molecule has 19 heavy (non-hydrogen) atoms. The highest BCUT2D eigenvalue weighted by Crippen LogP contribution is 2.28. The maximum Gasteiger partial charge on any atom is 0.276 e. The second kappa shape index (κ2) is 5.67. The Hall–Kier alpha value is -0.810. The van der Waals surface area contributed by atoms with E-state index in [2.05, 4.69) is 10.3 Å². The van der Waals surface area contributed by atoms with E-state index in [1.54, 1.807) is 23.5 Å². The van der Waals surface area contributed by atoms with Crippen molar-refractivity contribution in [1.82, 2.24) is 4.98 Å². The summed E-state index contributed by atoms with van der Waals surface area (Å²) in [6.45, 7) is 1.95. The first-order chi connectivity index (χ1) is 8.86. The van der Waals surface area contributed by atoms with Gasteiger partial charge in [-0.3, -0.25) is 4.79 Å². The number of alkyl halides is 3. The summed E-state index contributed by atoms with van der Waals surface area (Å²) in [5.74, 6) is -0.685. The molecule has 7 heteroatoms. The number of nitrogens with zero attached hydrogens (tertiary/aromatic N) is 1. The van der Waals surface area contributed by atoms with Crippen LogP contribution in [0.1, 0.15) is 5.01 Å². The fraction of sp³-hybridized carbons (Fsp3) is 0.167. The molecule has 0 aliphatic carbocycles. The minimum atomic E-state index is -1.97. The van der Waals surface area contributed by atoms with Gasteiger partial charge in [0.15, 0.2) is 0 Å². The average molecular weight is 336 g/mol. The van der Waals surface area contributed by atoms with Gasteiger partial charge in [0.05, 0.1) is 10.7 Å². The number of halogens is 3. The van der Waals surface area contributed by atoms with Gasteiger partial charge in [0.2, 0.25) is 0 Å². The molecule has 0 spiro atoms. The van der Waals surface area contributed by atoms with Crippen molar-refractivity contribution in [2.75, 3.05) is 5.32 Å². The summed E-state index contributed by atoms with van der Waals surface area (Å²) in [4.78, 5) is 15.9. The number of hydrogen-bond donors (Lipinski definition) is 1. The fourth-order valence-electron chi connectivity index (χ4n) is 1.42. The Kier molecular flexibility index (Phi) is 4.36. The lowest BCUT2D eigenvalue weighted by molar-refractivity contribution is -0.115. The molecule has 1 aromatic heterocycles. The highest BCUT2D eigenvalue weighted by molar-refractivity contribution is 7.09. The van der Waals surface area contributed by atoms with Crippen LogP contribution < -0.4 is 5.32 Å². The quantitative estimate of drug-likeness (QED) is 0.825. The molecule has 0 saturated carbocycles. The normalized spacial score (nSPS) is 11.4. The summed E-state index contributed by atoms with van der Waals surface area (Å²) >= 11 is 18.0. The maximum atomic E-state index is 11.5. The van der Waals surface area contributed by atoms with Crippen molar-refractivity contribution in [3.05, 3.63) is 34.7 Å². The zero-order valence-electron chi connectivity index (χ0n) is 9.78. The van der Waals surface area contributed by atoms with Crippen molar-refractivity contribution < 1.29 is 4.79 Å². The molecule has 0 radical (unpaired) electrons. The van der Waals surface area contributed by atoms with Gasteiger partial charge in [-0.25, -0.2) is 4.98 Å². The molecule has 1 amide bonds. The first-order valence-electron chi connectivity index (χ1n) is 5.27. The predicted molar refractivity (Wildman–Crippen MR) is 81.2 cm³/mol. The Morgan fingerprint density at radius 2 is 1.89 bits per heavy atom. The molecular weight excluding hydrogens is 327 g/mol. The lowest BCUT2D eigenvalue weighted by Crippen LogP contribution is -2.26. The van der Waals surface area contributed by atoms with Crippen molar-refractivity contribution in [2.45, 2.75) is 10.7 Å². The number of carbonyl (C=O) groups is 1. The number of hydrogen-bond acceptors (Lipinski definition) is 3. The van der Waals surface area contributed by atoms with Crippen molar-refractivity contribution in [1.29, 1.82) is 0 Å². The van der Waals surface area contributed by atoms with Crippen LogP contribution in [0.3, 0.4) is 0 Å². The van der Waals surface area contributed by atoms with E-state index in [0.717, 1.165) is 16.3 Å². The number of rotatable bonds is 2. The molecule has 2 aromatic rings. The minimum Gasteiger partial charge on any atom is -0.322 e. The monoisotopic (exact) mass is 334 g/mol. The van der Waals surface area contributed by atoms with Crippen LogP contribution in [0.4, 0.5) is 5.69 Å². The van der Waals surface area contributed by atoms with Gasteiger partial charge in [-0.2, -0.15) is 0 Å². The molecule has 1 heterocycles. The Morgan fingerprint density at radius 3 is 2.37 bits per heavy atom. The van der Waals surface area contributed by atoms with E-state index < -0.39 is 9.70 Å². The van der Waals surface area contributed by atoms with Crippen molar-refractivity contribution in [2.24, 2.45) is 0 Å². The molecular formula is C12H9Cl3N2OS. The summed E-state index contributed by atoms with van der Waals surface area (Å²) in [7, 11) is 0. The van der Waals surface area contributed by atoms with Gasteiger partial charge in [-0.15, -0.1) is 11.3 Å². The molecule has 1 N–H and O–H groups in total. The lowest BCUT2D eigenvalue weighted by atomic mass is 10.1. The molecule has 0 aliphatic rings. The van der Waals surface area contributed by atoms with E-state index in [-0.39, 0.29) is 0 Å². The zero-order valence-corrected chi connectivity index (χ0v) is 12.9. The molecule has 0 atom stereocenters. The average Bonchev–Trinajstić information content (AvgIpc) is 2.75. The molecule has 3 nitrogen and oxygen atoms in total. The van der Waals surface area contributed by atoms with Gasteiger partial charge >= 0.3 is 0 Å². The summed E-state index contributed by atoms with van der Waals surface area (Å²) in [5.41, 5.74) is 2.44. The number of aryl methyl sites for hydroxylation is 1. The van der Waals surface area contributed by atoms with Crippen molar-refractivity contribution in [3.8, 4) is 11.3 Å². The number of carbonyl (C=O) groups excluding carboxylic acids is 1. The minimum absolute atomic E-state index is 0.562. The number of benzene rings is 1. The Bertz CT molecular complexity index is 590. The number of amides is 1. The van der Waals surface area contributed by atoms with Crippen molar-refractivity contribution >= 4 is 57.7 Å². The Morgan fingerprint density at radius 1 is 1.26 bits per heavy atom. The molecule has 2 rings (SSSR count). The third-order valence-corrected chi connectivity index (χ3v) is 3.60. The van der Waals surface area contributed by atoms with E-state index in [9.17, 15) is 4.79 Å². The van der Waals surface area contributed by atoms with Gasteiger partial charge < -0.3 is 5.32 Å². The second-order valence-electron chi connectivity index (χ2n) is 3.78. The van der Waals surface area contributed by atoms with Crippen LogP contribution in [0.25, 0.3) is 11.3 Å². The number of nitrogens with one attached hydrogen (secondary N) is 1. The maximum absolute atomic E-state index is 11.5. The largest absolute Gasteiger partial charge is 0.322 e. The Labute approximate surface area is 129 Å². The van der Waals surface area contributed by atoms with Crippen molar-refractivity contribution in [3.63, 3.8) is 0 Å². The first kappa shape index (κ1) is 14.6. The molecule has 100 valence electrons. The van der Waals surface area contributed by atoms with Gasteiger partial charge in [-0.05, 0) is 19.1 Å². The summed E-state index contributed by atoms with van der Waals surface area (Å²) < 4.78 is -1.97. The lowest BCUT2D eigenvalue weighted by Gasteiger charge is -2.11. The number of thiazole rings is 1. The molecule has 0 bridgehead atoms. The summed E-state index contributed by atoms with van der Waals surface area (Å²) in [6.07, 6.45) is 0. The standard InChI is InChI=1S/C12H9Cl3N2OS/c1-7-16-10(6-19-7)8-2-4-9(5-3-8)17-11(18)12(13,14)15/h2-6H,1H3,(H,17,18). The fourth-order valence-corrected chi connectivity index (χ4v) is 2.19. The van der Waals surface area contributed by atoms with Crippen LogP contribution in [0.5, 0.6) is 0 Å². The predicted octanol–water partition coefficient (Wildman–Crippen LogP) is 4.43. The second-order valence-corrected chi connectivity index (χ2v) is 7.12. The number of anilines is 1. The van der Waals surface area contributed by atoms with Gasteiger partial charge in [0.1, 0.15) is 0 Å². The van der Waals surface area contributed by atoms with Crippen LogP contribution in [-0.2, 0) is 4.79 Å². The van der Waals surface area contributed by atoms with Crippen LogP contribution in [0.2, 0.25) is 0 Å². The van der Waals surface area contributed by atoms with E-state index in [4.69, 9.17) is 34.8 Å². The molecule has 0 saturated heterocycles. The zero-order chi connectivity index (χ0) is 14.0. The smallest absolute Gasteiger partial charge is 0.276 e. The Balaban J connectivity index is 2.13. The van der Waals surface area contributed by atoms with Gasteiger partial charge in [0, 0.05) is 16.6 Å². The van der Waals surface area contributed by atoms with E-state index in [1.807, 2.05) is 24.4 Å². The topological polar surface area (TPSA) is 42.0 Å². The SMILES string of the molecule is Cc1nc(-c2ccc(NC(=O)C(Cl)(Cl)Cl)cc2)cs1. The van der Waals surface area contributed by atoms with Crippen LogP contribution in [0.15, 0.2) is 29.6 Å².